The van der Waals surface area contributed by atoms with Crippen molar-refractivity contribution in [2.45, 2.75) is 0 Å². The highest BCUT2D eigenvalue weighted by atomic mass is 35.5. The fourth-order valence-corrected chi connectivity index (χ4v) is 1.71. The van der Waals surface area contributed by atoms with Gasteiger partial charge in [0.25, 0.3) is 5.69 Å². The van der Waals surface area contributed by atoms with Crippen LogP contribution in [0.1, 0.15) is 0 Å². The molecule has 2 rings (SSSR count). The molecular weight excluding hydrogens is 288 g/mol. The highest BCUT2D eigenvalue weighted by Gasteiger charge is 2.17. The van der Waals surface area contributed by atoms with Crippen molar-refractivity contribution in [3.63, 3.8) is 0 Å². The van der Waals surface area contributed by atoms with Crippen LogP contribution in [0, 0.1) is 20.2 Å². The van der Waals surface area contributed by atoms with Gasteiger partial charge in [0, 0.05) is 18.2 Å². The van der Waals surface area contributed by atoms with Gasteiger partial charge in [0.05, 0.1) is 14.9 Å². The van der Waals surface area contributed by atoms with Crippen molar-refractivity contribution in [2.75, 3.05) is 0 Å². The Balaban J connectivity index is 2.36. The molecule has 0 spiro atoms. The molecule has 0 aliphatic carbocycles. The van der Waals surface area contributed by atoms with Crippen LogP contribution in [0.4, 0.5) is 11.4 Å². The van der Waals surface area contributed by atoms with Gasteiger partial charge in [0.2, 0.25) is 5.75 Å². The third kappa shape index (κ3) is 2.83. The minimum Gasteiger partial charge on any atom is -0.449 e. The maximum absolute atomic E-state index is 10.8. The second kappa shape index (κ2) is 5.54. The lowest BCUT2D eigenvalue weighted by Crippen LogP contribution is -1.94. The van der Waals surface area contributed by atoms with Crippen LogP contribution in [0.15, 0.2) is 42.5 Å². The number of hydrogen-bond acceptors (Lipinski definition) is 5. The monoisotopic (exact) mass is 294 g/mol. The molecule has 8 heteroatoms. The average Bonchev–Trinajstić information content (AvgIpc) is 2.41. The van der Waals surface area contributed by atoms with Gasteiger partial charge in [-0.05, 0) is 12.1 Å². The maximum Gasteiger partial charge on any atom is 0.311 e. The van der Waals surface area contributed by atoms with Crippen molar-refractivity contribution in [3.8, 4) is 11.5 Å². The standard InChI is InChI=1S/C12H7ClN2O5/c13-9-7-8(14(16)17)5-6-11(9)20-12-4-2-1-3-10(12)15(18)19/h1-7H. The molecule has 0 amide bonds. The first-order valence-electron chi connectivity index (χ1n) is 5.34. The van der Waals surface area contributed by atoms with Crippen LogP contribution in [0.2, 0.25) is 5.02 Å². The first-order chi connectivity index (χ1) is 9.49. The summed E-state index contributed by atoms with van der Waals surface area (Å²) in [5.74, 6) is 0.111. The second-order valence-corrected chi connectivity index (χ2v) is 4.11. The number of rotatable bonds is 4. The van der Waals surface area contributed by atoms with Crippen molar-refractivity contribution >= 4 is 23.0 Å². The van der Waals surface area contributed by atoms with E-state index in [1.54, 1.807) is 6.07 Å². The smallest absolute Gasteiger partial charge is 0.311 e. The number of nitro groups is 2. The molecule has 0 atom stereocenters. The minimum atomic E-state index is -0.597. The zero-order chi connectivity index (χ0) is 14.7. The number of nitrogens with zero attached hydrogens (tertiary/aromatic N) is 2. The molecule has 102 valence electrons. The normalized spacial score (nSPS) is 10.1. The summed E-state index contributed by atoms with van der Waals surface area (Å²) in [4.78, 5) is 20.2. The number of hydrogen-bond donors (Lipinski definition) is 0. The lowest BCUT2D eigenvalue weighted by atomic mass is 10.3. The van der Waals surface area contributed by atoms with Gasteiger partial charge in [-0.15, -0.1) is 0 Å². The van der Waals surface area contributed by atoms with Gasteiger partial charge >= 0.3 is 5.69 Å². The lowest BCUT2D eigenvalue weighted by molar-refractivity contribution is -0.385. The van der Waals surface area contributed by atoms with E-state index in [4.69, 9.17) is 16.3 Å². The Hall–Kier alpha value is -2.67. The van der Waals surface area contributed by atoms with Crippen molar-refractivity contribution < 1.29 is 14.6 Å². The van der Waals surface area contributed by atoms with E-state index in [2.05, 4.69) is 0 Å². The number of non-ortho nitro benzene ring substituents is 1. The molecule has 2 aromatic carbocycles. The Kier molecular flexibility index (Phi) is 3.81. The van der Waals surface area contributed by atoms with Crippen LogP contribution >= 0.6 is 11.6 Å². The Bertz CT molecular complexity index is 689. The summed E-state index contributed by atoms with van der Waals surface area (Å²) in [7, 11) is 0. The van der Waals surface area contributed by atoms with Crippen LogP contribution in [0.5, 0.6) is 11.5 Å². The van der Waals surface area contributed by atoms with Crippen LogP contribution in [-0.4, -0.2) is 9.85 Å². The predicted octanol–water partition coefficient (Wildman–Crippen LogP) is 3.95. The largest absolute Gasteiger partial charge is 0.449 e. The summed E-state index contributed by atoms with van der Waals surface area (Å²) in [6.07, 6.45) is 0. The molecule has 20 heavy (non-hydrogen) atoms. The molecule has 0 saturated carbocycles. The SMILES string of the molecule is O=[N+]([O-])c1ccc(Oc2ccccc2[N+](=O)[O-])c(Cl)c1. The zero-order valence-electron chi connectivity index (χ0n) is 9.86. The molecule has 0 aliphatic rings. The summed E-state index contributed by atoms with van der Waals surface area (Å²) in [6.45, 7) is 0. The molecule has 0 N–H and O–H groups in total. The van der Waals surface area contributed by atoms with Gasteiger partial charge in [-0.1, -0.05) is 23.7 Å². The molecule has 0 unspecified atom stereocenters. The van der Waals surface area contributed by atoms with Crippen molar-refractivity contribution in [2.24, 2.45) is 0 Å². The summed E-state index contributed by atoms with van der Waals surface area (Å²) in [6, 6.07) is 9.38. The third-order valence-electron chi connectivity index (χ3n) is 2.41. The molecule has 0 aliphatic heterocycles. The quantitative estimate of drug-likeness (QED) is 0.628. The Morgan fingerprint density at radius 1 is 0.950 bits per heavy atom. The van der Waals surface area contributed by atoms with E-state index in [1.165, 1.54) is 30.3 Å². The van der Waals surface area contributed by atoms with E-state index in [0.717, 1.165) is 6.07 Å². The minimum absolute atomic E-state index is 0.00245. The fraction of sp³-hybridized carbons (Fsp3) is 0. The van der Waals surface area contributed by atoms with E-state index in [1.807, 2.05) is 0 Å². The van der Waals surface area contributed by atoms with Gasteiger partial charge in [0.15, 0.2) is 0 Å². The molecule has 0 radical (unpaired) electrons. The van der Waals surface area contributed by atoms with Crippen LogP contribution in [-0.2, 0) is 0 Å². The van der Waals surface area contributed by atoms with Crippen molar-refractivity contribution in [1.29, 1.82) is 0 Å². The summed E-state index contributed by atoms with van der Waals surface area (Å²) < 4.78 is 5.34. The van der Waals surface area contributed by atoms with E-state index < -0.39 is 9.85 Å². The van der Waals surface area contributed by atoms with Gasteiger partial charge in [-0.2, -0.15) is 0 Å². The highest BCUT2D eigenvalue weighted by molar-refractivity contribution is 6.32. The Morgan fingerprint density at radius 3 is 2.25 bits per heavy atom. The molecule has 0 aromatic heterocycles. The number of nitro benzene ring substituents is 2. The Labute approximate surface area is 117 Å². The maximum atomic E-state index is 10.8. The fourth-order valence-electron chi connectivity index (χ4n) is 1.50. The summed E-state index contributed by atoms with van der Waals surface area (Å²) in [5, 5.41) is 21.4. The van der Waals surface area contributed by atoms with Gasteiger partial charge in [-0.25, -0.2) is 0 Å². The molecule has 0 fully saturated rings. The predicted molar refractivity (Wildman–Crippen MR) is 71.3 cm³/mol. The van der Waals surface area contributed by atoms with E-state index in [-0.39, 0.29) is 27.9 Å². The average molecular weight is 295 g/mol. The van der Waals surface area contributed by atoms with Crippen molar-refractivity contribution in [3.05, 3.63) is 67.7 Å². The third-order valence-corrected chi connectivity index (χ3v) is 2.70. The Morgan fingerprint density at radius 2 is 1.65 bits per heavy atom. The molecule has 7 nitrogen and oxygen atoms in total. The lowest BCUT2D eigenvalue weighted by Gasteiger charge is -2.07. The summed E-state index contributed by atoms with van der Waals surface area (Å²) in [5.41, 5.74) is -0.410. The second-order valence-electron chi connectivity index (χ2n) is 3.70. The zero-order valence-corrected chi connectivity index (χ0v) is 10.6. The van der Waals surface area contributed by atoms with Crippen LogP contribution in [0.3, 0.4) is 0 Å². The number of para-hydroxylation sites is 2. The van der Waals surface area contributed by atoms with Gasteiger partial charge in [0.1, 0.15) is 5.75 Å². The first-order valence-corrected chi connectivity index (χ1v) is 5.72. The number of halogens is 1. The summed E-state index contributed by atoms with van der Waals surface area (Å²) >= 11 is 5.86. The molecule has 0 saturated heterocycles. The molecule has 0 bridgehead atoms. The van der Waals surface area contributed by atoms with Crippen LogP contribution in [0.25, 0.3) is 0 Å². The van der Waals surface area contributed by atoms with E-state index in [9.17, 15) is 20.2 Å². The molecule has 2 aromatic rings. The molecular formula is C12H7ClN2O5. The van der Waals surface area contributed by atoms with E-state index in [0.29, 0.717) is 0 Å². The molecule has 0 heterocycles. The number of benzene rings is 2. The first kappa shape index (κ1) is 13.8. The topological polar surface area (TPSA) is 95.5 Å². The van der Waals surface area contributed by atoms with Gasteiger partial charge in [-0.3, -0.25) is 20.2 Å². The van der Waals surface area contributed by atoms with Gasteiger partial charge < -0.3 is 4.74 Å². The van der Waals surface area contributed by atoms with Crippen molar-refractivity contribution in [1.82, 2.24) is 0 Å². The van der Waals surface area contributed by atoms with E-state index >= 15 is 0 Å². The number of ether oxygens (including phenoxy) is 1. The highest BCUT2D eigenvalue weighted by Crippen LogP contribution is 2.36. The van der Waals surface area contributed by atoms with Crippen LogP contribution < -0.4 is 4.74 Å².